The SMILES string of the molecule is CN1CCN(C(=O)C[C@H]2C(=O)N(Cc3ccccc3)C[C@@H]3N(C(=O)OCc4cc(C(F)(F)F)cc(C(F)(F)F)c4)CCC(=O)N32)CC1. The van der Waals surface area contributed by atoms with Gasteiger partial charge in [0, 0.05) is 45.7 Å². The number of nitrogens with zero attached hydrogens (tertiary/aromatic N) is 5. The molecule has 0 saturated carbocycles. The number of hydrogen-bond acceptors (Lipinski definition) is 6. The number of hydrogen-bond donors (Lipinski definition) is 0. The zero-order valence-corrected chi connectivity index (χ0v) is 25.4. The van der Waals surface area contributed by atoms with Crippen molar-refractivity contribution >= 4 is 23.8 Å². The fourth-order valence-corrected chi connectivity index (χ4v) is 6.02. The molecule has 0 spiro atoms. The lowest BCUT2D eigenvalue weighted by atomic mass is 10.00. The minimum absolute atomic E-state index is 0.0244. The van der Waals surface area contributed by atoms with Gasteiger partial charge in [-0.15, -0.1) is 0 Å². The van der Waals surface area contributed by atoms with Gasteiger partial charge in [-0.2, -0.15) is 26.3 Å². The molecule has 0 bridgehead atoms. The Bertz CT molecular complexity index is 1460. The molecule has 2 aromatic carbocycles. The Labute approximate surface area is 266 Å². The van der Waals surface area contributed by atoms with Gasteiger partial charge in [0.25, 0.3) is 0 Å². The van der Waals surface area contributed by atoms with Crippen molar-refractivity contribution < 1.29 is 50.3 Å². The molecule has 2 atom stereocenters. The molecule has 47 heavy (non-hydrogen) atoms. The number of carbonyl (C=O) groups is 4. The topological polar surface area (TPSA) is 93.7 Å². The van der Waals surface area contributed by atoms with Crippen molar-refractivity contribution in [3.63, 3.8) is 0 Å². The van der Waals surface area contributed by atoms with Crippen LogP contribution in [0.2, 0.25) is 0 Å². The third kappa shape index (κ3) is 7.80. The molecule has 0 aliphatic carbocycles. The first kappa shape index (κ1) is 34.0. The average Bonchev–Trinajstić information content (AvgIpc) is 3.01. The lowest BCUT2D eigenvalue weighted by Gasteiger charge is -2.51. The van der Waals surface area contributed by atoms with E-state index in [0.717, 1.165) is 10.5 Å². The first-order chi connectivity index (χ1) is 22.1. The average molecular weight is 670 g/mol. The number of piperazine rings is 2. The van der Waals surface area contributed by atoms with Crippen LogP contribution in [0.1, 0.15) is 35.1 Å². The van der Waals surface area contributed by atoms with Gasteiger partial charge in [-0.25, -0.2) is 4.79 Å². The predicted molar refractivity (Wildman–Crippen MR) is 153 cm³/mol. The van der Waals surface area contributed by atoms with E-state index in [1.54, 1.807) is 35.2 Å². The number of amides is 4. The molecule has 3 fully saturated rings. The number of halogens is 6. The van der Waals surface area contributed by atoms with Crippen LogP contribution in [0.5, 0.6) is 0 Å². The van der Waals surface area contributed by atoms with Crippen LogP contribution in [-0.2, 0) is 44.6 Å². The van der Waals surface area contributed by atoms with Crippen molar-refractivity contribution in [2.75, 3.05) is 46.3 Å². The summed E-state index contributed by atoms with van der Waals surface area (Å²) in [6, 6.07) is 8.57. The van der Waals surface area contributed by atoms with E-state index in [4.69, 9.17) is 4.74 Å². The van der Waals surface area contributed by atoms with Crippen LogP contribution in [0.25, 0.3) is 0 Å². The molecule has 3 saturated heterocycles. The summed E-state index contributed by atoms with van der Waals surface area (Å²) in [5, 5.41) is 0. The molecule has 3 aliphatic heterocycles. The summed E-state index contributed by atoms with van der Waals surface area (Å²) in [7, 11) is 1.92. The van der Waals surface area contributed by atoms with E-state index >= 15 is 0 Å². The zero-order valence-electron chi connectivity index (χ0n) is 25.4. The maximum absolute atomic E-state index is 13.8. The van der Waals surface area contributed by atoms with E-state index in [2.05, 4.69) is 0 Å². The van der Waals surface area contributed by atoms with Gasteiger partial charge in [-0.1, -0.05) is 30.3 Å². The molecule has 0 unspecified atom stereocenters. The highest BCUT2D eigenvalue weighted by atomic mass is 19.4. The van der Waals surface area contributed by atoms with Gasteiger partial charge in [0.05, 0.1) is 24.1 Å². The van der Waals surface area contributed by atoms with Crippen molar-refractivity contribution in [2.24, 2.45) is 0 Å². The molecule has 16 heteroatoms. The summed E-state index contributed by atoms with van der Waals surface area (Å²) in [5.41, 5.74) is -2.89. The van der Waals surface area contributed by atoms with Crippen LogP contribution in [0.3, 0.4) is 0 Å². The van der Waals surface area contributed by atoms with E-state index in [1.165, 1.54) is 9.80 Å². The predicted octanol–water partition coefficient (Wildman–Crippen LogP) is 3.80. The molecule has 2 aromatic rings. The maximum atomic E-state index is 13.8. The molecule has 5 rings (SSSR count). The number of likely N-dealkylation sites (N-methyl/N-ethyl adjacent to an activating group) is 1. The first-order valence-corrected chi connectivity index (χ1v) is 14.9. The Morgan fingerprint density at radius 3 is 2.06 bits per heavy atom. The number of ether oxygens (including phenoxy) is 1. The second-order valence-electron chi connectivity index (χ2n) is 11.8. The molecule has 3 heterocycles. The smallest absolute Gasteiger partial charge is 0.416 e. The molecule has 0 aromatic heterocycles. The third-order valence-electron chi connectivity index (χ3n) is 8.54. The summed E-state index contributed by atoms with van der Waals surface area (Å²) >= 11 is 0. The monoisotopic (exact) mass is 669 g/mol. The number of benzene rings is 2. The lowest BCUT2D eigenvalue weighted by molar-refractivity contribution is -0.170. The molecule has 4 amide bonds. The van der Waals surface area contributed by atoms with Crippen molar-refractivity contribution in [2.45, 2.75) is 50.6 Å². The molecular formula is C31H33F6N5O5. The van der Waals surface area contributed by atoms with Gasteiger partial charge in [-0.3, -0.25) is 19.3 Å². The van der Waals surface area contributed by atoms with E-state index < -0.39 is 65.8 Å². The number of fused-ring (bicyclic) bond motifs is 1. The van der Waals surface area contributed by atoms with Crippen molar-refractivity contribution in [1.29, 1.82) is 0 Å². The van der Waals surface area contributed by atoms with Gasteiger partial charge >= 0.3 is 18.4 Å². The van der Waals surface area contributed by atoms with Crippen LogP contribution in [0.15, 0.2) is 48.5 Å². The fraction of sp³-hybridized carbons (Fsp3) is 0.484. The van der Waals surface area contributed by atoms with Gasteiger partial charge in [-0.05, 0) is 36.4 Å². The minimum Gasteiger partial charge on any atom is -0.444 e. The highest BCUT2D eigenvalue weighted by Crippen LogP contribution is 2.37. The molecule has 254 valence electrons. The van der Waals surface area contributed by atoms with Crippen LogP contribution >= 0.6 is 0 Å². The Hall–Kier alpha value is -4.34. The van der Waals surface area contributed by atoms with Crippen molar-refractivity contribution in [1.82, 2.24) is 24.5 Å². The number of rotatable bonds is 6. The van der Waals surface area contributed by atoms with Gasteiger partial charge in [0.2, 0.25) is 17.7 Å². The normalized spacial score (nSPS) is 21.2. The maximum Gasteiger partial charge on any atom is 0.416 e. The van der Waals surface area contributed by atoms with Crippen LogP contribution < -0.4 is 0 Å². The van der Waals surface area contributed by atoms with Gasteiger partial charge in [0.15, 0.2) is 0 Å². The second-order valence-corrected chi connectivity index (χ2v) is 11.8. The van der Waals surface area contributed by atoms with Crippen LogP contribution in [-0.4, -0.2) is 107 Å². The van der Waals surface area contributed by atoms with E-state index in [0.29, 0.717) is 38.3 Å². The molecule has 0 radical (unpaired) electrons. The Morgan fingerprint density at radius 2 is 1.47 bits per heavy atom. The zero-order chi connectivity index (χ0) is 34.1. The number of alkyl halides is 6. The van der Waals surface area contributed by atoms with Crippen molar-refractivity contribution in [3.05, 3.63) is 70.8 Å². The second kappa shape index (κ2) is 13.4. The van der Waals surface area contributed by atoms with Crippen LogP contribution in [0, 0.1) is 0 Å². The molecular weight excluding hydrogens is 636 g/mol. The summed E-state index contributed by atoms with van der Waals surface area (Å²) in [6.07, 6.45) is -12.9. The summed E-state index contributed by atoms with van der Waals surface area (Å²) < 4.78 is 85.3. The largest absolute Gasteiger partial charge is 0.444 e. The van der Waals surface area contributed by atoms with E-state index in [-0.39, 0.29) is 44.4 Å². The Balaban J connectivity index is 1.39. The Morgan fingerprint density at radius 1 is 0.851 bits per heavy atom. The molecule has 3 aliphatic rings. The third-order valence-corrected chi connectivity index (χ3v) is 8.54. The van der Waals surface area contributed by atoms with Gasteiger partial charge < -0.3 is 24.3 Å². The first-order valence-electron chi connectivity index (χ1n) is 14.9. The van der Waals surface area contributed by atoms with Gasteiger partial charge in [0.1, 0.15) is 18.8 Å². The Kier molecular flexibility index (Phi) is 9.70. The summed E-state index contributed by atoms with van der Waals surface area (Å²) in [6.45, 7) is 0.983. The standard InChI is InChI=1S/C31H33F6N5O5/c1-38-9-11-39(12-10-38)27(44)16-24-28(45)40(17-20-5-3-2-4-6-20)18-25-41(8-7-26(43)42(24)25)29(46)47-19-21-13-22(30(32,33)34)15-23(14-21)31(35,36)37/h2-6,13-15,24-25H,7-12,16-19H2,1H3/t24-,25+/m0/s1. The van der Waals surface area contributed by atoms with Crippen molar-refractivity contribution in [3.8, 4) is 0 Å². The van der Waals surface area contributed by atoms with E-state index in [9.17, 15) is 45.5 Å². The highest BCUT2D eigenvalue weighted by Gasteiger charge is 2.50. The number of carbonyl (C=O) groups excluding carboxylic acids is 4. The quantitative estimate of drug-likeness (QED) is 0.435. The fourth-order valence-electron chi connectivity index (χ4n) is 6.02. The minimum atomic E-state index is -5.08. The summed E-state index contributed by atoms with van der Waals surface area (Å²) in [5.74, 6) is -1.30. The molecule has 0 N–H and O–H groups in total. The highest BCUT2D eigenvalue weighted by molar-refractivity contribution is 5.94. The lowest BCUT2D eigenvalue weighted by Crippen LogP contribution is -2.71. The van der Waals surface area contributed by atoms with Crippen LogP contribution in [0.4, 0.5) is 31.1 Å². The molecule has 10 nitrogen and oxygen atoms in total. The van der Waals surface area contributed by atoms with E-state index in [1.807, 2.05) is 11.9 Å². The summed E-state index contributed by atoms with van der Waals surface area (Å²) in [4.78, 5) is 61.3.